The van der Waals surface area contributed by atoms with Gasteiger partial charge in [-0.2, -0.15) is 4.57 Å². The van der Waals surface area contributed by atoms with E-state index in [9.17, 15) is 18.0 Å². The molecule has 3 aromatic rings. The molecule has 0 spiro atoms. The van der Waals surface area contributed by atoms with Crippen molar-refractivity contribution >= 4 is 15.7 Å². The number of hydrogen-bond acceptors (Lipinski definition) is 6. The molecular weight excluding hydrogens is 358 g/mol. The summed E-state index contributed by atoms with van der Waals surface area (Å²) in [7, 11) is -2.69. The topological polar surface area (TPSA) is 102 Å². The average molecular weight is 371 g/mol. The lowest BCUT2D eigenvalue weighted by Gasteiger charge is -2.27. The summed E-state index contributed by atoms with van der Waals surface area (Å²) in [6.45, 7) is 1.78. The van der Waals surface area contributed by atoms with Gasteiger partial charge in [0.15, 0.2) is 11.4 Å². The Labute approximate surface area is 148 Å². The molecular formula is C17H13N3O5S. The van der Waals surface area contributed by atoms with Crippen molar-refractivity contribution in [2.24, 2.45) is 0 Å². The third-order valence-corrected chi connectivity index (χ3v) is 6.02. The van der Waals surface area contributed by atoms with E-state index in [-0.39, 0.29) is 27.7 Å². The van der Waals surface area contributed by atoms with Crippen LogP contribution >= 0.6 is 0 Å². The first kappa shape index (κ1) is 16.3. The maximum Gasteiger partial charge on any atom is 0.428 e. The zero-order valence-corrected chi connectivity index (χ0v) is 14.6. The Morgan fingerprint density at radius 1 is 1.12 bits per heavy atom. The Kier molecular flexibility index (Phi) is 3.38. The quantitative estimate of drug-likeness (QED) is 0.639. The summed E-state index contributed by atoms with van der Waals surface area (Å²) < 4.78 is 32.4. The maximum atomic E-state index is 13.0. The van der Waals surface area contributed by atoms with Gasteiger partial charge in [0.25, 0.3) is 15.6 Å². The first-order valence-electron chi connectivity index (χ1n) is 7.64. The van der Waals surface area contributed by atoms with Crippen molar-refractivity contribution in [3.63, 3.8) is 0 Å². The van der Waals surface area contributed by atoms with Crippen molar-refractivity contribution in [1.29, 1.82) is 0 Å². The summed E-state index contributed by atoms with van der Waals surface area (Å²) in [6, 6.07) is 9.31. The lowest BCUT2D eigenvalue weighted by atomic mass is 10.1. The molecule has 1 aliphatic rings. The highest BCUT2D eigenvalue weighted by Crippen LogP contribution is 2.39. The average Bonchev–Trinajstić information content (AvgIpc) is 2.60. The molecule has 0 N–H and O–H groups in total. The first-order valence-corrected chi connectivity index (χ1v) is 9.08. The second-order valence-corrected chi connectivity index (χ2v) is 7.78. The molecule has 1 aliphatic heterocycles. The number of anilines is 1. The normalized spacial score (nSPS) is 14.6. The largest absolute Gasteiger partial charge is 0.428 e. The van der Waals surface area contributed by atoms with E-state index in [2.05, 4.69) is 4.98 Å². The van der Waals surface area contributed by atoms with E-state index in [0.29, 0.717) is 0 Å². The van der Waals surface area contributed by atoms with Crippen LogP contribution in [0, 0.1) is 6.92 Å². The molecule has 0 saturated heterocycles. The minimum absolute atomic E-state index is 0.0241. The standard InChI is InChI=1S/C17H13N3O5S/c1-10-7-8-18-13(9-10)20-16(21)14-15(25-17(20)22)11-5-3-4-6-12(11)26(23,24)19(14)2/h3-9H,1-2H3. The second-order valence-electron chi connectivity index (χ2n) is 5.85. The molecule has 0 saturated carbocycles. The fraction of sp³-hybridized carbons (Fsp3) is 0.118. The van der Waals surface area contributed by atoms with Gasteiger partial charge in [-0.25, -0.2) is 18.2 Å². The monoisotopic (exact) mass is 371 g/mol. The Morgan fingerprint density at radius 3 is 2.58 bits per heavy atom. The van der Waals surface area contributed by atoms with Crippen molar-refractivity contribution in [3.8, 4) is 17.1 Å². The van der Waals surface area contributed by atoms with E-state index in [4.69, 9.17) is 4.42 Å². The number of rotatable bonds is 1. The second kappa shape index (κ2) is 5.40. The van der Waals surface area contributed by atoms with Gasteiger partial charge in [0.2, 0.25) is 0 Å². The number of hydrogen-bond donors (Lipinski definition) is 0. The molecule has 1 aromatic carbocycles. The lowest BCUT2D eigenvalue weighted by Crippen LogP contribution is -2.41. The summed E-state index contributed by atoms with van der Waals surface area (Å²) in [5.74, 6) is -0.942. The van der Waals surface area contributed by atoms with Gasteiger partial charge in [0, 0.05) is 18.8 Å². The van der Waals surface area contributed by atoms with Crippen LogP contribution in [0.3, 0.4) is 0 Å². The van der Waals surface area contributed by atoms with Crippen LogP contribution in [0.4, 0.5) is 5.69 Å². The highest BCUT2D eigenvalue weighted by atomic mass is 32.2. The van der Waals surface area contributed by atoms with Crippen molar-refractivity contribution in [2.75, 3.05) is 11.4 Å². The van der Waals surface area contributed by atoms with Crippen LogP contribution in [0.1, 0.15) is 5.56 Å². The zero-order chi connectivity index (χ0) is 18.6. The van der Waals surface area contributed by atoms with Crippen molar-refractivity contribution < 1.29 is 12.8 Å². The van der Waals surface area contributed by atoms with Crippen LogP contribution in [-0.2, 0) is 10.0 Å². The highest BCUT2D eigenvalue weighted by Gasteiger charge is 2.37. The molecule has 2 aromatic heterocycles. The number of nitrogens with zero attached hydrogens (tertiary/aromatic N) is 3. The molecule has 3 heterocycles. The zero-order valence-electron chi connectivity index (χ0n) is 13.8. The van der Waals surface area contributed by atoms with Crippen molar-refractivity contribution in [3.05, 3.63) is 69.1 Å². The van der Waals surface area contributed by atoms with Gasteiger partial charge in [0.05, 0.1) is 4.90 Å². The Balaban J connectivity index is 2.13. The predicted molar refractivity (Wildman–Crippen MR) is 94.1 cm³/mol. The summed E-state index contributed by atoms with van der Waals surface area (Å²) in [5.41, 5.74) is -0.0778. The SMILES string of the molecule is Cc1ccnc(-n2c(=O)oc3c(c2=O)N(C)S(=O)(=O)c2ccccc2-3)c1. The lowest BCUT2D eigenvalue weighted by molar-refractivity contribution is 0.468. The molecule has 132 valence electrons. The molecule has 0 unspecified atom stereocenters. The van der Waals surface area contributed by atoms with E-state index in [1.54, 1.807) is 25.1 Å². The minimum Gasteiger partial charge on any atom is -0.406 e. The highest BCUT2D eigenvalue weighted by molar-refractivity contribution is 7.93. The summed E-state index contributed by atoms with van der Waals surface area (Å²) in [4.78, 5) is 29.5. The molecule has 0 bridgehead atoms. The third kappa shape index (κ3) is 2.14. The molecule has 0 atom stereocenters. The van der Waals surface area contributed by atoms with Gasteiger partial charge >= 0.3 is 5.76 Å². The predicted octanol–water partition coefficient (Wildman–Crippen LogP) is 1.30. The van der Waals surface area contributed by atoms with Gasteiger partial charge in [-0.05, 0) is 36.8 Å². The molecule has 0 fully saturated rings. The van der Waals surface area contributed by atoms with E-state index >= 15 is 0 Å². The number of benzene rings is 1. The smallest absolute Gasteiger partial charge is 0.406 e. The van der Waals surface area contributed by atoms with Gasteiger partial charge < -0.3 is 4.42 Å². The van der Waals surface area contributed by atoms with Crippen LogP contribution in [0.5, 0.6) is 0 Å². The van der Waals surface area contributed by atoms with Gasteiger partial charge in [-0.3, -0.25) is 9.10 Å². The number of pyridine rings is 1. The minimum atomic E-state index is -3.94. The van der Waals surface area contributed by atoms with Crippen LogP contribution < -0.4 is 15.6 Å². The van der Waals surface area contributed by atoms with E-state index in [1.165, 1.54) is 31.4 Å². The van der Waals surface area contributed by atoms with Crippen LogP contribution in [-0.4, -0.2) is 25.0 Å². The number of fused-ring (bicyclic) bond motifs is 3. The van der Waals surface area contributed by atoms with Crippen LogP contribution in [0.25, 0.3) is 17.1 Å². The van der Waals surface area contributed by atoms with Crippen LogP contribution in [0.15, 0.2) is 61.5 Å². The number of aryl methyl sites for hydroxylation is 1. The van der Waals surface area contributed by atoms with E-state index < -0.39 is 21.3 Å². The molecule has 0 amide bonds. The maximum absolute atomic E-state index is 13.0. The molecule has 4 rings (SSSR count). The summed E-state index contributed by atoms with van der Waals surface area (Å²) in [6.07, 6.45) is 1.45. The van der Waals surface area contributed by atoms with Crippen molar-refractivity contribution in [2.45, 2.75) is 11.8 Å². The molecule has 8 nitrogen and oxygen atoms in total. The molecule has 26 heavy (non-hydrogen) atoms. The van der Waals surface area contributed by atoms with Gasteiger partial charge in [-0.1, -0.05) is 12.1 Å². The van der Waals surface area contributed by atoms with E-state index in [0.717, 1.165) is 14.4 Å². The number of aromatic nitrogens is 2. The fourth-order valence-corrected chi connectivity index (χ4v) is 4.30. The van der Waals surface area contributed by atoms with Gasteiger partial charge in [0.1, 0.15) is 5.82 Å². The third-order valence-electron chi connectivity index (χ3n) is 4.21. The van der Waals surface area contributed by atoms with E-state index in [1.807, 2.05) is 0 Å². The molecule has 9 heteroatoms. The Bertz CT molecular complexity index is 1270. The van der Waals surface area contributed by atoms with Crippen LogP contribution in [0.2, 0.25) is 0 Å². The Hall–Kier alpha value is -3.20. The summed E-state index contributed by atoms with van der Waals surface area (Å²) >= 11 is 0. The van der Waals surface area contributed by atoms with Crippen molar-refractivity contribution in [1.82, 2.24) is 9.55 Å². The fourth-order valence-electron chi connectivity index (χ4n) is 2.91. The number of sulfonamides is 1. The van der Waals surface area contributed by atoms with Gasteiger partial charge in [-0.15, -0.1) is 0 Å². The molecule has 0 aliphatic carbocycles. The molecule has 0 radical (unpaired) electrons. The first-order chi connectivity index (χ1) is 12.3. The summed E-state index contributed by atoms with van der Waals surface area (Å²) in [5, 5.41) is 0. The Morgan fingerprint density at radius 2 is 1.85 bits per heavy atom.